The van der Waals surface area contributed by atoms with Crippen molar-refractivity contribution in [3.05, 3.63) is 59.9 Å². The molecule has 0 fully saturated rings. The van der Waals surface area contributed by atoms with E-state index in [-0.39, 0.29) is 17.3 Å². The summed E-state index contributed by atoms with van der Waals surface area (Å²) in [6.07, 6.45) is 3.89. The standard InChI is InChI=1S/C17H21N3O4S/c1-24-10-4-9-19-17(21)15-6-2-7-16(11-15)25(22,23)20-13-14-5-3-8-18-12-14/h2-3,5-8,11-12,20H,4,9-10,13H2,1H3,(H,19,21). The highest BCUT2D eigenvalue weighted by Gasteiger charge is 2.16. The third-order valence-electron chi connectivity index (χ3n) is 3.41. The van der Waals surface area contributed by atoms with E-state index in [1.807, 2.05) is 0 Å². The van der Waals surface area contributed by atoms with Crippen molar-refractivity contribution >= 4 is 15.9 Å². The molecule has 0 aliphatic carbocycles. The van der Waals surface area contributed by atoms with E-state index >= 15 is 0 Å². The van der Waals surface area contributed by atoms with Gasteiger partial charge in [0.15, 0.2) is 0 Å². The topological polar surface area (TPSA) is 97.4 Å². The lowest BCUT2D eigenvalue weighted by Crippen LogP contribution is -2.26. The SMILES string of the molecule is COCCCNC(=O)c1cccc(S(=O)(=O)NCc2cccnc2)c1. The molecule has 0 aliphatic rings. The number of pyridine rings is 1. The molecule has 0 saturated heterocycles. The molecule has 0 bridgehead atoms. The average molecular weight is 363 g/mol. The van der Waals surface area contributed by atoms with Gasteiger partial charge < -0.3 is 10.1 Å². The molecule has 0 saturated carbocycles. The Labute approximate surface area is 147 Å². The number of hydrogen-bond acceptors (Lipinski definition) is 5. The second kappa shape index (κ2) is 9.26. The van der Waals surface area contributed by atoms with Gasteiger partial charge in [-0.25, -0.2) is 13.1 Å². The zero-order valence-corrected chi connectivity index (χ0v) is 14.8. The lowest BCUT2D eigenvalue weighted by Gasteiger charge is -2.09. The molecule has 0 spiro atoms. The summed E-state index contributed by atoms with van der Waals surface area (Å²) in [7, 11) is -2.13. The van der Waals surface area contributed by atoms with Crippen LogP contribution in [0.15, 0.2) is 53.7 Å². The summed E-state index contributed by atoms with van der Waals surface area (Å²) in [6, 6.07) is 9.44. The van der Waals surface area contributed by atoms with E-state index in [1.165, 1.54) is 12.1 Å². The Hall–Kier alpha value is -2.29. The Morgan fingerprint density at radius 3 is 2.80 bits per heavy atom. The van der Waals surface area contributed by atoms with Crippen molar-refractivity contribution < 1.29 is 17.9 Å². The largest absolute Gasteiger partial charge is 0.385 e. The van der Waals surface area contributed by atoms with E-state index in [1.54, 1.807) is 43.8 Å². The lowest BCUT2D eigenvalue weighted by molar-refractivity contribution is 0.0948. The summed E-state index contributed by atoms with van der Waals surface area (Å²) in [5.41, 5.74) is 1.04. The van der Waals surface area contributed by atoms with Crippen LogP contribution in [0.5, 0.6) is 0 Å². The molecule has 2 rings (SSSR count). The maximum absolute atomic E-state index is 12.4. The van der Waals surface area contributed by atoms with Gasteiger partial charge in [-0.1, -0.05) is 12.1 Å². The van der Waals surface area contributed by atoms with Gasteiger partial charge >= 0.3 is 0 Å². The van der Waals surface area contributed by atoms with Gasteiger partial charge in [0.05, 0.1) is 4.90 Å². The van der Waals surface area contributed by atoms with Gasteiger partial charge in [0, 0.05) is 44.8 Å². The van der Waals surface area contributed by atoms with Crippen LogP contribution in [0.4, 0.5) is 0 Å². The van der Waals surface area contributed by atoms with E-state index in [4.69, 9.17) is 4.74 Å². The van der Waals surface area contributed by atoms with Crippen molar-refractivity contribution in [2.75, 3.05) is 20.3 Å². The van der Waals surface area contributed by atoms with Gasteiger partial charge in [-0.15, -0.1) is 0 Å². The van der Waals surface area contributed by atoms with E-state index < -0.39 is 10.0 Å². The predicted octanol–water partition coefficient (Wildman–Crippen LogP) is 1.33. The van der Waals surface area contributed by atoms with E-state index in [9.17, 15) is 13.2 Å². The Bertz CT molecular complexity index is 795. The minimum atomic E-state index is -3.72. The first kappa shape index (κ1) is 19.0. The number of sulfonamides is 1. The Kier molecular flexibility index (Phi) is 7.05. The number of nitrogens with zero attached hydrogens (tertiary/aromatic N) is 1. The first-order valence-electron chi connectivity index (χ1n) is 7.79. The monoisotopic (exact) mass is 363 g/mol. The summed E-state index contributed by atoms with van der Waals surface area (Å²) < 4.78 is 32.2. The molecular formula is C17H21N3O4S. The number of hydrogen-bond donors (Lipinski definition) is 2. The number of ether oxygens (including phenoxy) is 1. The van der Waals surface area contributed by atoms with Crippen LogP contribution in [-0.2, 0) is 21.3 Å². The maximum Gasteiger partial charge on any atom is 0.251 e. The highest BCUT2D eigenvalue weighted by molar-refractivity contribution is 7.89. The minimum Gasteiger partial charge on any atom is -0.385 e. The van der Waals surface area contributed by atoms with E-state index in [0.29, 0.717) is 25.1 Å². The Morgan fingerprint density at radius 1 is 1.24 bits per heavy atom. The molecule has 7 nitrogen and oxygen atoms in total. The predicted molar refractivity (Wildman–Crippen MR) is 93.5 cm³/mol. The molecular weight excluding hydrogens is 342 g/mol. The molecule has 0 atom stereocenters. The third-order valence-corrected chi connectivity index (χ3v) is 4.81. The van der Waals surface area contributed by atoms with Crippen LogP contribution in [-0.4, -0.2) is 39.6 Å². The second-order valence-corrected chi connectivity index (χ2v) is 7.08. The zero-order chi connectivity index (χ0) is 18.1. The number of nitrogens with one attached hydrogen (secondary N) is 2. The van der Waals surface area contributed by atoms with Gasteiger partial charge in [0.25, 0.3) is 5.91 Å². The number of aromatic nitrogens is 1. The first-order valence-corrected chi connectivity index (χ1v) is 9.27. The number of carbonyl (C=O) groups excluding carboxylic acids is 1. The van der Waals surface area contributed by atoms with Crippen LogP contribution in [0, 0.1) is 0 Å². The summed E-state index contributed by atoms with van der Waals surface area (Å²) >= 11 is 0. The number of rotatable bonds is 9. The number of methoxy groups -OCH3 is 1. The average Bonchev–Trinajstić information content (AvgIpc) is 2.64. The van der Waals surface area contributed by atoms with Gasteiger partial charge in [-0.2, -0.15) is 0 Å². The van der Waals surface area contributed by atoms with Crippen LogP contribution in [0.25, 0.3) is 0 Å². The summed E-state index contributed by atoms with van der Waals surface area (Å²) in [5, 5.41) is 2.73. The molecule has 0 radical (unpaired) electrons. The van der Waals surface area contributed by atoms with Gasteiger partial charge in [0.1, 0.15) is 0 Å². The molecule has 0 unspecified atom stereocenters. The number of benzene rings is 1. The fourth-order valence-electron chi connectivity index (χ4n) is 2.09. The summed E-state index contributed by atoms with van der Waals surface area (Å²) in [4.78, 5) is 16.1. The van der Waals surface area contributed by atoms with Crippen LogP contribution in [0.1, 0.15) is 22.3 Å². The second-order valence-electron chi connectivity index (χ2n) is 5.32. The highest BCUT2D eigenvalue weighted by atomic mass is 32.2. The highest BCUT2D eigenvalue weighted by Crippen LogP contribution is 2.12. The molecule has 25 heavy (non-hydrogen) atoms. The Morgan fingerprint density at radius 2 is 2.08 bits per heavy atom. The van der Waals surface area contributed by atoms with Crippen molar-refractivity contribution in [3.63, 3.8) is 0 Å². The van der Waals surface area contributed by atoms with Crippen molar-refractivity contribution in [2.24, 2.45) is 0 Å². The molecule has 2 aromatic rings. The first-order chi connectivity index (χ1) is 12.0. The summed E-state index contributed by atoms with van der Waals surface area (Å²) in [6.45, 7) is 1.14. The molecule has 0 aliphatic heterocycles. The molecule has 2 N–H and O–H groups in total. The molecule has 1 heterocycles. The van der Waals surface area contributed by atoms with Crippen molar-refractivity contribution in [1.82, 2.24) is 15.0 Å². The van der Waals surface area contributed by atoms with Crippen LogP contribution in [0.3, 0.4) is 0 Å². The summed E-state index contributed by atoms with van der Waals surface area (Å²) in [5.74, 6) is -0.319. The van der Waals surface area contributed by atoms with Gasteiger partial charge in [0.2, 0.25) is 10.0 Å². The van der Waals surface area contributed by atoms with Crippen molar-refractivity contribution in [2.45, 2.75) is 17.9 Å². The fraction of sp³-hybridized carbons (Fsp3) is 0.294. The number of carbonyl (C=O) groups is 1. The maximum atomic E-state index is 12.4. The quantitative estimate of drug-likeness (QED) is 0.655. The van der Waals surface area contributed by atoms with E-state index in [0.717, 1.165) is 5.56 Å². The van der Waals surface area contributed by atoms with Crippen molar-refractivity contribution in [1.29, 1.82) is 0 Å². The molecule has 1 aromatic heterocycles. The van der Waals surface area contributed by atoms with Gasteiger partial charge in [-0.3, -0.25) is 9.78 Å². The minimum absolute atomic E-state index is 0.0425. The van der Waals surface area contributed by atoms with Crippen LogP contribution < -0.4 is 10.0 Å². The van der Waals surface area contributed by atoms with Crippen LogP contribution >= 0.6 is 0 Å². The van der Waals surface area contributed by atoms with Gasteiger partial charge in [-0.05, 0) is 36.2 Å². The van der Waals surface area contributed by atoms with E-state index in [2.05, 4.69) is 15.0 Å². The lowest BCUT2D eigenvalue weighted by atomic mass is 10.2. The molecule has 134 valence electrons. The molecule has 8 heteroatoms. The third kappa shape index (κ3) is 5.93. The smallest absolute Gasteiger partial charge is 0.251 e. The van der Waals surface area contributed by atoms with Crippen LogP contribution in [0.2, 0.25) is 0 Å². The Balaban J connectivity index is 2.02. The van der Waals surface area contributed by atoms with Crippen molar-refractivity contribution in [3.8, 4) is 0 Å². The zero-order valence-electron chi connectivity index (χ0n) is 13.9. The molecule has 1 amide bonds. The normalized spacial score (nSPS) is 11.2. The fourth-order valence-corrected chi connectivity index (χ4v) is 3.15. The number of amides is 1. The molecule has 1 aromatic carbocycles.